The summed E-state index contributed by atoms with van der Waals surface area (Å²) in [6, 6.07) is 8.04. The highest BCUT2D eigenvalue weighted by Crippen LogP contribution is 2.31. The highest BCUT2D eigenvalue weighted by atomic mass is 35.5. The Bertz CT molecular complexity index is 1280. The van der Waals surface area contributed by atoms with Gasteiger partial charge in [-0.2, -0.15) is 5.10 Å². The van der Waals surface area contributed by atoms with Gasteiger partial charge in [0.15, 0.2) is 11.5 Å². The summed E-state index contributed by atoms with van der Waals surface area (Å²) in [5.41, 5.74) is 2.27. The van der Waals surface area contributed by atoms with Gasteiger partial charge >= 0.3 is 0 Å². The highest BCUT2D eigenvalue weighted by Gasteiger charge is 2.21. The largest absolute Gasteiger partial charge is 0.466 e. The second-order valence-electron chi connectivity index (χ2n) is 7.36. The van der Waals surface area contributed by atoms with Crippen LogP contribution in [0.3, 0.4) is 0 Å². The van der Waals surface area contributed by atoms with Gasteiger partial charge in [-0.15, -0.1) is 0 Å². The summed E-state index contributed by atoms with van der Waals surface area (Å²) in [5, 5.41) is 7.51. The topological polar surface area (TPSA) is 73.0 Å². The first-order valence-corrected chi connectivity index (χ1v) is 9.85. The second-order valence-corrected chi connectivity index (χ2v) is 7.76. The number of furan rings is 1. The maximum absolute atomic E-state index is 14.3. The van der Waals surface area contributed by atoms with Crippen LogP contribution in [0.5, 0.6) is 0 Å². The van der Waals surface area contributed by atoms with Gasteiger partial charge in [0.05, 0.1) is 33.6 Å². The molecule has 6 nitrogen and oxygen atoms in total. The number of carbonyl (C=O) groups excluding carboxylic acids is 1. The van der Waals surface area contributed by atoms with Gasteiger partial charge in [-0.1, -0.05) is 17.7 Å². The highest BCUT2D eigenvalue weighted by molar-refractivity contribution is 6.31. The summed E-state index contributed by atoms with van der Waals surface area (Å²) in [5.74, 6) is 0.277. The van der Waals surface area contributed by atoms with Crippen LogP contribution >= 0.6 is 11.6 Å². The summed E-state index contributed by atoms with van der Waals surface area (Å²) in [6.45, 7) is 7.66. The number of benzene rings is 1. The Morgan fingerprint density at radius 1 is 1.27 bits per heavy atom. The van der Waals surface area contributed by atoms with Crippen molar-refractivity contribution < 1.29 is 13.6 Å². The van der Waals surface area contributed by atoms with Crippen LogP contribution in [0.2, 0.25) is 5.02 Å². The van der Waals surface area contributed by atoms with Crippen molar-refractivity contribution in [2.24, 2.45) is 0 Å². The van der Waals surface area contributed by atoms with Gasteiger partial charge in [0.1, 0.15) is 11.5 Å². The van der Waals surface area contributed by atoms with Crippen LogP contribution in [0.15, 0.2) is 40.9 Å². The number of hydrogen-bond donors (Lipinski definition) is 1. The standard InChI is InChI=1S/C22H20ClFN4O2/c1-11(2)28-21-16(10-25-28)15(9-19(26-21)14-8-12(3)30-13(14)4)22(29)27-18-7-5-6-17(23)20(18)24/h5-11H,1-4H3,(H,27,29). The quantitative estimate of drug-likeness (QED) is 0.438. The molecule has 1 amide bonds. The van der Waals surface area contributed by atoms with Crippen molar-refractivity contribution in [1.29, 1.82) is 0 Å². The molecule has 1 aromatic carbocycles. The molecule has 0 saturated carbocycles. The lowest BCUT2D eigenvalue weighted by atomic mass is 10.1. The minimum absolute atomic E-state index is 0.00518. The molecule has 1 N–H and O–H groups in total. The van der Waals surface area contributed by atoms with Gasteiger partial charge in [-0.3, -0.25) is 4.79 Å². The van der Waals surface area contributed by atoms with E-state index in [1.807, 2.05) is 33.8 Å². The van der Waals surface area contributed by atoms with Crippen molar-refractivity contribution in [2.75, 3.05) is 5.32 Å². The Kier molecular flexibility index (Phi) is 5.07. The fourth-order valence-corrected chi connectivity index (χ4v) is 3.57. The maximum atomic E-state index is 14.3. The van der Waals surface area contributed by atoms with Gasteiger partial charge in [-0.05, 0) is 52.0 Å². The number of amides is 1. The minimum Gasteiger partial charge on any atom is -0.466 e. The number of nitrogens with zero attached hydrogens (tertiary/aromatic N) is 3. The monoisotopic (exact) mass is 426 g/mol. The van der Waals surface area contributed by atoms with Crippen molar-refractivity contribution >= 4 is 34.2 Å². The summed E-state index contributed by atoms with van der Waals surface area (Å²) in [7, 11) is 0. The Labute approximate surface area is 177 Å². The summed E-state index contributed by atoms with van der Waals surface area (Å²) in [6.07, 6.45) is 1.60. The SMILES string of the molecule is Cc1cc(-c2cc(C(=O)Nc3cccc(Cl)c3F)c3cnn(C(C)C)c3n2)c(C)o1. The van der Waals surface area contributed by atoms with Crippen molar-refractivity contribution in [3.63, 3.8) is 0 Å². The van der Waals surface area contributed by atoms with Crippen LogP contribution in [0.4, 0.5) is 10.1 Å². The summed E-state index contributed by atoms with van der Waals surface area (Å²) in [4.78, 5) is 17.9. The predicted octanol–water partition coefficient (Wildman–Crippen LogP) is 5.93. The number of rotatable bonds is 4. The molecule has 0 aliphatic heterocycles. The van der Waals surface area contributed by atoms with Gasteiger partial charge in [0.2, 0.25) is 0 Å². The molecular formula is C22H20ClFN4O2. The summed E-state index contributed by atoms with van der Waals surface area (Å²) < 4.78 is 21.7. The maximum Gasteiger partial charge on any atom is 0.256 e. The summed E-state index contributed by atoms with van der Waals surface area (Å²) >= 11 is 5.84. The number of fused-ring (bicyclic) bond motifs is 1. The molecule has 0 spiro atoms. The van der Waals surface area contributed by atoms with Crippen LogP contribution in [-0.4, -0.2) is 20.7 Å². The number of hydrogen-bond acceptors (Lipinski definition) is 4. The molecule has 8 heteroatoms. The van der Waals surface area contributed by atoms with E-state index in [9.17, 15) is 9.18 Å². The third-order valence-corrected chi connectivity index (χ3v) is 5.11. The molecule has 3 heterocycles. The van der Waals surface area contributed by atoms with Crippen molar-refractivity contribution in [2.45, 2.75) is 33.7 Å². The first-order chi connectivity index (χ1) is 14.3. The van der Waals surface area contributed by atoms with Crippen LogP contribution in [0.25, 0.3) is 22.3 Å². The lowest BCUT2D eigenvalue weighted by molar-refractivity contribution is 0.102. The zero-order valence-corrected chi connectivity index (χ0v) is 17.7. The molecule has 0 bridgehead atoms. The zero-order chi connectivity index (χ0) is 21.6. The number of aryl methyl sites for hydroxylation is 2. The van der Waals surface area contributed by atoms with E-state index in [2.05, 4.69) is 10.4 Å². The molecule has 0 unspecified atom stereocenters. The van der Waals surface area contributed by atoms with Gasteiger partial charge in [-0.25, -0.2) is 14.1 Å². The Morgan fingerprint density at radius 2 is 2.03 bits per heavy atom. The van der Waals surface area contributed by atoms with Crippen LogP contribution < -0.4 is 5.32 Å². The molecule has 0 atom stereocenters. The van der Waals surface area contributed by atoms with E-state index in [1.165, 1.54) is 12.1 Å². The zero-order valence-electron chi connectivity index (χ0n) is 17.0. The van der Waals surface area contributed by atoms with Gasteiger partial charge in [0.25, 0.3) is 5.91 Å². The number of halogens is 2. The Hall–Kier alpha value is -3.19. The van der Waals surface area contributed by atoms with Gasteiger partial charge < -0.3 is 9.73 Å². The van der Waals surface area contributed by atoms with E-state index in [0.29, 0.717) is 28.1 Å². The number of aromatic nitrogens is 3. The minimum atomic E-state index is -0.683. The number of carbonyl (C=O) groups is 1. The fraction of sp³-hybridized carbons (Fsp3) is 0.227. The lowest BCUT2D eigenvalue weighted by Crippen LogP contribution is -2.14. The van der Waals surface area contributed by atoms with E-state index in [4.69, 9.17) is 21.0 Å². The normalized spacial score (nSPS) is 11.4. The van der Waals surface area contributed by atoms with Crippen LogP contribution in [0, 0.1) is 19.7 Å². The molecule has 0 radical (unpaired) electrons. The van der Waals surface area contributed by atoms with E-state index in [0.717, 1.165) is 11.3 Å². The average Bonchev–Trinajstić information content (AvgIpc) is 3.27. The predicted molar refractivity (Wildman–Crippen MR) is 114 cm³/mol. The van der Waals surface area contributed by atoms with E-state index in [1.54, 1.807) is 23.0 Å². The third-order valence-electron chi connectivity index (χ3n) is 4.82. The molecule has 0 aliphatic carbocycles. The molecule has 4 rings (SSSR count). The Balaban J connectivity index is 1.88. The number of anilines is 1. The molecule has 30 heavy (non-hydrogen) atoms. The first kappa shape index (κ1) is 20.1. The smallest absolute Gasteiger partial charge is 0.256 e. The molecular weight excluding hydrogens is 407 g/mol. The molecule has 4 aromatic rings. The molecule has 0 aliphatic rings. The average molecular weight is 427 g/mol. The number of nitrogens with one attached hydrogen (secondary N) is 1. The van der Waals surface area contributed by atoms with E-state index < -0.39 is 11.7 Å². The lowest BCUT2D eigenvalue weighted by Gasteiger charge is -2.11. The number of pyridine rings is 1. The van der Waals surface area contributed by atoms with Gasteiger partial charge in [0, 0.05) is 11.6 Å². The Morgan fingerprint density at radius 3 is 2.70 bits per heavy atom. The van der Waals surface area contributed by atoms with E-state index in [-0.39, 0.29) is 16.8 Å². The van der Waals surface area contributed by atoms with Crippen molar-refractivity contribution in [1.82, 2.24) is 14.8 Å². The molecule has 0 fully saturated rings. The molecule has 154 valence electrons. The second kappa shape index (κ2) is 7.57. The third kappa shape index (κ3) is 3.45. The van der Waals surface area contributed by atoms with Crippen LogP contribution in [0.1, 0.15) is 41.8 Å². The fourth-order valence-electron chi connectivity index (χ4n) is 3.40. The van der Waals surface area contributed by atoms with E-state index >= 15 is 0 Å². The molecule has 3 aromatic heterocycles. The first-order valence-electron chi connectivity index (χ1n) is 9.47. The van der Waals surface area contributed by atoms with Crippen molar-refractivity contribution in [3.8, 4) is 11.3 Å². The molecule has 0 saturated heterocycles. The van der Waals surface area contributed by atoms with Crippen LogP contribution in [-0.2, 0) is 0 Å². The van der Waals surface area contributed by atoms with Crippen molar-refractivity contribution in [3.05, 3.63) is 64.5 Å².